The SMILES string of the molecule is CO[C@@H]1[C@@H](n2cc(-c3cc(F)c(F)c(F)c3)nn2)[C@@H](O)[C@@H](CO)O[C@@H]1Cc1cc([C@@H]2CCN(C(=O)OC(C)(C)C)C2)on1. The van der Waals surface area contributed by atoms with Crippen LogP contribution in [-0.2, 0) is 20.6 Å². The van der Waals surface area contributed by atoms with E-state index in [0.29, 0.717) is 31.0 Å². The molecule has 1 aromatic carbocycles. The van der Waals surface area contributed by atoms with Gasteiger partial charge >= 0.3 is 6.09 Å². The van der Waals surface area contributed by atoms with E-state index >= 15 is 0 Å². The highest BCUT2D eigenvalue weighted by Gasteiger charge is 2.47. The summed E-state index contributed by atoms with van der Waals surface area (Å²) >= 11 is 0. The normalized spacial score (nSPS) is 26.2. The molecule has 0 bridgehead atoms. The van der Waals surface area contributed by atoms with Crippen LogP contribution >= 0.6 is 0 Å². The van der Waals surface area contributed by atoms with Crippen LogP contribution in [0.3, 0.4) is 0 Å². The molecule has 6 atom stereocenters. The van der Waals surface area contributed by atoms with Gasteiger partial charge in [-0.1, -0.05) is 10.4 Å². The van der Waals surface area contributed by atoms with Crippen LogP contribution in [-0.4, -0.2) is 98.2 Å². The summed E-state index contributed by atoms with van der Waals surface area (Å²) in [6.07, 6.45) is -2.09. The Morgan fingerprint density at radius 3 is 2.53 bits per heavy atom. The Kier molecular flexibility index (Phi) is 8.79. The van der Waals surface area contributed by atoms with E-state index in [-0.39, 0.29) is 29.7 Å². The fourth-order valence-corrected chi connectivity index (χ4v) is 5.50. The second-order valence-electron chi connectivity index (χ2n) is 11.8. The highest BCUT2D eigenvalue weighted by Crippen LogP contribution is 2.35. The second kappa shape index (κ2) is 12.2. The molecule has 2 aliphatic rings. The number of rotatable bonds is 7. The predicted molar refractivity (Wildman–Crippen MR) is 142 cm³/mol. The third-order valence-electron chi connectivity index (χ3n) is 7.56. The number of hydrogen-bond donors (Lipinski definition) is 2. The van der Waals surface area contributed by atoms with Crippen LogP contribution in [0, 0.1) is 17.5 Å². The Morgan fingerprint density at radius 1 is 1.16 bits per heavy atom. The van der Waals surface area contributed by atoms with Crippen molar-refractivity contribution in [2.24, 2.45) is 0 Å². The van der Waals surface area contributed by atoms with Gasteiger partial charge in [-0.25, -0.2) is 22.6 Å². The molecule has 0 spiro atoms. The summed E-state index contributed by atoms with van der Waals surface area (Å²) in [7, 11) is 1.42. The molecule has 5 rings (SSSR count). The maximum Gasteiger partial charge on any atom is 0.410 e. The molecule has 234 valence electrons. The first-order chi connectivity index (χ1) is 20.4. The van der Waals surface area contributed by atoms with Gasteiger partial charge in [-0.15, -0.1) is 5.10 Å². The number of nitrogens with zero attached hydrogens (tertiary/aromatic N) is 5. The van der Waals surface area contributed by atoms with E-state index in [9.17, 15) is 28.2 Å². The first-order valence-corrected chi connectivity index (χ1v) is 13.9. The molecule has 43 heavy (non-hydrogen) atoms. The van der Waals surface area contributed by atoms with Crippen LogP contribution in [0.4, 0.5) is 18.0 Å². The number of ether oxygens (including phenoxy) is 3. The Morgan fingerprint density at radius 2 is 1.88 bits per heavy atom. The average molecular weight is 610 g/mol. The van der Waals surface area contributed by atoms with Crippen LogP contribution in [0.15, 0.2) is 28.9 Å². The molecule has 2 aromatic heterocycles. The third-order valence-corrected chi connectivity index (χ3v) is 7.56. The molecule has 1 amide bonds. The standard InChI is InChI=1S/C28H34F3N5O7/c1-28(2,3)42-27(39)35-6-5-14(11-35)20-9-16(33-43-20)10-21-26(40-4)24(25(38)22(13-37)41-21)36-12-19(32-34-36)15-7-17(29)23(31)18(30)8-15/h7-9,12,14,21-22,24-26,37-38H,5-6,10-11,13H2,1-4H3/t14-,21-,22-,24+,25+,26+/m1/s1. The van der Waals surface area contributed by atoms with Gasteiger partial charge in [0.2, 0.25) is 0 Å². The van der Waals surface area contributed by atoms with Gasteiger partial charge in [0.25, 0.3) is 0 Å². The minimum Gasteiger partial charge on any atom is -0.444 e. The molecule has 0 saturated carbocycles. The van der Waals surface area contributed by atoms with E-state index in [1.54, 1.807) is 11.0 Å². The zero-order chi connectivity index (χ0) is 31.1. The van der Waals surface area contributed by atoms with E-state index < -0.39 is 60.1 Å². The van der Waals surface area contributed by atoms with Gasteiger partial charge in [-0.3, -0.25) is 0 Å². The molecule has 15 heteroatoms. The molecular weight excluding hydrogens is 575 g/mol. The van der Waals surface area contributed by atoms with Crippen molar-refractivity contribution in [3.8, 4) is 11.3 Å². The molecule has 2 N–H and O–H groups in total. The molecule has 2 saturated heterocycles. The first-order valence-electron chi connectivity index (χ1n) is 13.9. The molecule has 12 nitrogen and oxygen atoms in total. The van der Waals surface area contributed by atoms with Crippen molar-refractivity contribution < 1.29 is 46.9 Å². The van der Waals surface area contributed by atoms with E-state index in [1.165, 1.54) is 18.0 Å². The number of aliphatic hydroxyl groups excluding tert-OH is 2. The van der Waals surface area contributed by atoms with Crippen LogP contribution in [0.5, 0.6) is 0 Å². The number of aromatic nitrogens is 4. The fraction of sp³-hybridized carbons (Fsp3) is 0.571. The molecule has 2 aliphatic heterocycles. The molecule has 2 fully saturated rings. The van der Waals surface area contributed by atoms with Crippen molar-refractivity contribution in [2.45, 2.75) is 75.6 Å². The van der Waals surface area contributed by atoms with Gasteiger partial charge in [0.1, 0.15) is 41.4 Å². The summed E-state index contributed by atoms with van der Waals surface area (Å²) in [5, 5.41) is 33.2. The average Bonchev–Trinajstić information content (AvgIpc) is 3.72. The van der Waals surface area contributed by atoms with Gasteiger partial charge in [0, 0.05) is 44.2 Å². The zero-order valence-corrected chi connectivity index (χ0v) is 24.1. The second-order valence-corrected chi connectivity index (χ2v) is 11.8. The summed E-state index contributed by atoms with van der Waals surface area (Å²) in [5.74, 6) is -3.84. The largest absolute Gasteiger partial charge is 0.444 e. The van der Waals surface area contributed by atoms with Gasteiger partial charge < -0.3 is 33.8 Å². The maximum absolute atomic E-state index is 13.8. The molecule has 0 unspecified atom stereocenters. The summed E-state index contributed by atoms with van der Waals surface area (Å²) < 4.78 is 65.2. The minimum absolute atomic E-state index is 0.0292. The Labute approximate surface area is 245 Å². The van der Waals surface area contributed by atoms with E-state index in [2.05, 4.69) is 15.5 Å². The summed E-state index contributed by atoms with van der Waals surface area (Å²) in [5.41, 5.74) is -0.0991. The number of carbonyl (C=O) groups is 1. The number of methoxy groups -OCH3 is 1. The lowest BCUT2D eigenvalue weighted by atomic mass is 9.90. The van der Waals surface area contributed by atoms with Crippen LogP contribution < -0.4 is 0 Å². The summed E-state index contributed by atoms with van der Waals surface area (Å²) in [4.78, 5) is 14.1. The lowest BCUT2D eigenvalue weighted by molar-refractivity contribution is -0.212. The van der Waals surface area contributed by atoms with E-state index in [4.69, 9.17) is 18.7 Å². The van der Waals surface area contributed by atoms with Crippen molar-refractivity contribution in [2.75, 3.05) is 26.8 Å². The van der Waals surface area contributed by atoms with Gasteiger partial charge in [0.05, 0.1) is 24.6 Å². The maximum atomic E-state index is 13.8. The van der Waals surface area contributed by atoms with E-state index in [1.807, 2.05) is 20.8 Å². The quantitative estimate of drug-likeness (QED) is 0.384. The first kappa shape index (κ1) is 30.9. The van der Waals surface area contributed by atoms with Gasteiger partial charge in [0.15, 0.2) is 17.5 Å². The molecule has 4 heterocycles. The highest BCUT2D eigenvalue weighted by atomic mass is 19.2. The minimum atomic E-state index is -1.60. The van der Waals surface area contributed by atoms with Crippen molar-refractivity contribution in [1.29, 1.82) is 0 Å². The molecule has 3 aromatic rings. The molecular formula is C28H34F3N5O7. The van der Waals surface area contributed by atoms with Crippen LogP contribution in [0.2, 0.25) is 0 Å². The molecule has 0 radical (unpaired) electrons. The van der Waals surface area contributed by atoms with Crippen molar-refractivity contribution >= 4 is 6.09 Å². The van der Waals surface area contributed by atoms with Crippen LogP contribution in [0.25, 0.3) is 11.3 Å². The topological polar surface area (TPSA) is 145 Å². The van der Waals surface area contributed by atoms with E-state index in [0.717, 1.165) is 12.1 Å². The Bertz CT molecular complexity index is 1420. The number of hydrogen-bond acceptors (Lipinski definition) is 10. The lowest BCUT2D eigenvalue weighted by Gasteiger charge is -2.43. The van der Waals surface area contributed by atoms with Crippen molar-refractivity contribution in [3.05, 3.63) is 53.3 Å². The monoisotopic (exact) mass is 609 g/mol. The number of benzene rings is 1. The fourth-order valence-electron chi connectivity index (χ4n) is 5.50. The number of aliphatic hydroxyl groups is 2. The number of amides is 1. The Balaban J connectivity index is 1.32. The summed E-state index contributed by atoms with van der Waals surface area (Å²) in [6.45, 7) is 5.84. The number of halogens is 3. The van der Waals surface area contributed by atoms with Crippen molar-refractivity contribution in [3.63, 3.8) is 0 Å². The lowest BCUT2D eigenvalue weighted by Crippen LogP contribution is -2.57. The molecule has 0 aliphatic carbocycles. The Hall–Kier alpha value is -3.53. The zero-order valence-electron chi connectivity index (χ0n) is 24.1. The van der Waals surface area contributed by atoms with Gasteiger partial charge in [-0.2, -0.15) is 0 Å². The van der Waals surface area contributed by atoms with Crippen molar-refractivity contribution in [1.82, 2.24) is 25.1 Å². The predicted octanol–water partition coefficient (Wildman–Crippen LogP) is 2.99. The van der Waals surface area contributed by atoms with Gasteiger partial charge in [-0.05, 0) is 39.3 Å². The van der Waals surface area contributed by atoms with Crippen LogP contribution in [0.1, 0.15) is 50.6 Å². The third kappa shape index (κ3) is 6.54. The summed E-state index contributed by atoms with van der Waals surface area (Å²) in [6, 6.07) is 2.43. The number of carbonyl (C=O) groups excluding carboxylic acids is 1. The highest BCUT2D eigenvalue weighted by molar-refractivity contribution is 5.68. The number of likely N-dealkylation sites (tertiary alicyclic amines) is 1. The smallest absolute Gasteiger partial charge is 0.410 e.